The molecule has 3 nitrogen and oxygen atoms in total. The normalized spacial score (nSPS) is 10.2. The second-order valence-electron chi connectivity index (χ2n) is 4.31. The number of benzene rings is 1. The zero-order valence-electron chi connectivity index (χ0n) is 11.2. The highest BCUT2D eigenvalue weighted by atomic mass is 32.1. The van der Waals surface area contributed by atoms with Gasteiger partial charge in [-0.1, -0.05) is 0 Å². The molecule has 1 rings (SSSR count). The van der Waals surface area contributed by atoms with Crippen LogP contribution in [0.4, 0.5) is 0 Å². The van der Waals surface area contributed by atoms with Crippen LogP contribution in [0.1, 0.15) is 30.9 Å². The maximum atomic E-state index is 11.2. The van der Waals surface area contributed by atoms with Gasteiger partial charge in [0, 0.05) is 17.9 Å². The Morgan fingerprint density at radius 1 is 1.33 bits per heavy atom. The first-order valence-electron chi connectivity index (χ1n) is 6.24. The topological polar surface area (TPSA) is 38.3 Å². The van der Waals surface area contributed by atoms with Crippen molar-refractivity contribution in [1.82, 2.24) is 5.32 Å². The lowest BCUT2D eigenvalue weighted by atomic mass is 10.1. The summed E-state index contributed by atoms with van der Waals surface area (Å²) in [6.07, 6.45) is 1.24. The molecule has 1 amide bonds. The van der Waals surface area contributed by atoms with E-state index in [2.05, 4.69) is 17.9 Å². The third-order valence-corrected chi connectivity index (χ3v) is 3.36. The summed E-state index contributed by atoms with van der Waals surface area (Å²) in [4.78, 5) is 12.2. The van der Waals surface area contributed by atoms with Crippen LogP contribution in [-0.2, 0) is 4.79 Å². The van der Waals surface area contributed by atoms with Crippen molar-refractivity contribution in [3.05, 3.63) is 23.3 Å². The maximum Gasteiger partial charge on any atom is 0.220 e. The van der Waals surface area contributed by atoms with E-state index in [1.807, 2.05) is 32.9 Å². The van der Waals surface area contributed by atoms with Crippen molar-refractivity contribution in [1.29, 1.82) is 0 Å². The average molecular weight is 267 g/mol. The molecular formula is C14H21NO2S. The van der Waals surface area contributed by atoms with E-state index in [0.717, 1.165) is 28.2 Å². The number of ether oxygens (including phenoxy) is 1. The summed E-state index contributed by atoms with van der Waals surface area (Å²) in [5.41, 5.74) is 2.22. The van der Waals surface area contributed by atoms with Gasteiger partial charge < -0.3 is 10.1 Å². The van der Waals surface area contributed by atoms with Crippen LogP contribution in [0.25, 0.3) is 0 Å². The quantitative estimate of drug-likeness (QED) is 0.614. The van der Waals surface area contributed by atoms with Gasteiger partial charge in [0.1, 0.15) is 5.75 Å². The highest BCUT2D eigenvalue weighted by Gasteiger charge is 2.03. The van der Waals surface area contributed by atoms with Crippen LogP contribution < -0.4 is 10.1 Å². The Morgan fingerprint density at radius 2 is 1.94 bits per heavy atom. The predicted octanol–water partition coefficient (Wildman–Crippen LogP) is 2.89. The van der Waals surface area contributed by atoms with E-state index in [-0.39, 0.29) is 5.91 Å². The highest BCUT2D eigenvalue weighted by Crippen LogP contribution is 2.24. The fraction of sp³-hybridized carbons (Fsp3) is 0.500. The van der Waals surface area contributed by atoms with Gasteiger partial charge in [-0.15, -0.1) is 12.6 Å². The van der Waals surface area contributed by atoms with Crippen molar-refractivity contribution in [3.63, 3.8) is 0 Å². The predicted molar refractivity (Wildman–Crippen MR) is 76.6 cm³/mol. The number of rotatable bonds is 6. The molecule has 0 fully saturated rings. The molecule has 0 saturated heterocycles. The molecule has 100 valence electrons. The lowest BCUT2D eigenvalue weighted by Crippen LogP contribution is -2.22. The van der Waals surface area contributed by atoms with Crippen LogP contribution in [-0.4, -0.2) is 19.1 Å². The number of aryl methyl sites for hydroxylation is 2. The standard InChI is InChI=1S/C14H21NO2S/c1-4-15-13(16)6-5-7-17-12-8-10(2)14(18)11(3)9-12/h8-9,18H,4-7H2,1-3H3,(H,15,16). The number of hydrogen-bond acceptors (Lipinski definition) is 3. The Kier molecular flexibility index (Phi) is 6.05. The van der Waals surface area contributed by atoms with E-state index in [0.29, 0.717) is 19.6 Å². The zero-order valence-corrected chi connectivity index (χ0v) is 12.1. The molecule has 0 atom stereocenters. The van der Waals surface area contributed by atoms with E-state index >= 15 is 0 Å². The molecule has 0 radical (unpaired) electrons. The van der Waals surface area contributed by atoms with Gasteiger partial charge in [0.15, 0.2) is 0 Å². The number of carbonyl (C=O) groups is 1. The molecule has 1 N–H and O–H groups in total. The highest BCUT2D eigenvalue weighted by molar-refractivity contribution is 7.80. The number of hydrogen-bond donors (Lipinski definition) is 2. The van der Waals surface area contributed by atoms with Gasteiger partial charge in [-0.2, -0.15) is 0 Å². The Morgan fingerprint density at radius 3 is 2.50 bits per heavy atom. The molecule has 0 aliphatic heterocycles. The molecule has 0 unspecified atom stereocenters. The van der Waals surface area contributed by atoms with E-state index in [4.69, 9.17) is 4.74 Å². The maximum absolute atomic E-state index is 11.2. The van der Waals surface area contributed by atoms with E-state index in [1.165, 1.54) is 0 Å². The Bertz CT molecular complexity index is 395. The van der Waals surface area contributed by atoms with Crippen molar-refractivity contribution >= 4 is 18.5 Å². The number of amides is 1. The Labute approximate surface area is 114 Å². The summed E-state index contributed by atoms with van der Waals surface area (Å²) in [7, 11) is 0. The second kappa shape index (κ2) is 7.31. The van der Waals surface area contributed by atoms with Gasteiger partial charge in [0.05, 0.1) is 6.61 Å². The lowest BCUT2D eigenvalue weighted by molar-refractivity contribution is -0.121. The first kappa shape index (κ1) is 14.9. The van der Waals surface area contributed by atoms with Crippen molar-refractivity contribution in [2.24, 2.45) is 0 Å². The summed E-state index contributed by atoms with van der Waals surface area (Å²) >= 11 is 4.41. The molecule has 0 spiro atoms. The van der Waals surface area contributed by atoms with Crippen LogP contribution in [0, 0.1) is 13.8 Å². The minimum Gasteiger partial charge on any atom is -0.494 e. The van der Waals surface area contributed by atoms with Gasteiger partial charge in [-0.25, -0.2) is 0 Å². The molecule has 0 saturated carbocycles. The Balaban J connectivity index is 2.38. The monoisotopic (exact) mass is 267 g/mol. The van der Waals surface area contributed by atoms with Crippen LogP contribution in [0.2, 0.25) is 0 Å². The molecule has 18 heavy (non-hydrogen) atoms. The number of thiol groups is 1. The zero-order chi connectivity index (χ0) is 13.5. The van der Waals surface area contributed by atoms with Crippen molar-refractivity contribution in [3.8, 4) is 5.75 Å². The summed E-state index contributed by atoms with van der Waals surface area (Å²) < 4.78 is 5.64. The third-order valence-electron chi connectivity index (χ3n) is 2.66. The molecular weight excluding hydrogens is 246 g/mol. The van der Waals surface area contributed by atoms with Crippen LogP contribution in [0.3, 0.4) is 0 Å². The van der Waals surface area contributed by atoms with Gasteiger partial charge in [-0.3, -0.25) is 4.79 Å². The van der Waals surface area contributed by atoms with Gasteiger partial charge in [0.25, 0.3) is 0 Å². The van der Waals surface area contributed by atoms with Gasteiger partial charge in [0.2, 0.25) is 5.91 Å². The smallest absolute Gasteiger partial charge is 0.220 e. The van der Waals surface area contributed by atoms with Gasteiger partial charge >= 0.3 is 0 Å². The number of nitrogens with one attached hydrogen (secondary N) is 1. The Hall–Kier alpha value is -1.16. The molecule has 4 heteroatoms. The molecule has 0 aliphatic rings. The minimum absolute atomic E-state index is 0.0826. The van der Waals surface area contributed by atoms with Crippen LogP contribution in [0.15, 0.2) is 17.0 Å². The second-order valence-corrected chi connectivity index (χ2v) is 4.76. The SMILES string of the molecule is CCNC(=O)CCCOc1cc(C)c(S)c(C)c1. The van der Waals surface area contributed by atoms with Crippen LogP contribution in [0.5, 0.6) is 5.75 Å². The summed E-state index contributed by atoms with van der Waals surface area (Å²) in [5, 5.41) is 2.77. The van der Waals surface area contributed by atoms with Crippen molar-refractivity contribution in [2.45, 2.75) is 38.5 Å². The van der Waals surface area contributed by atoms with E-state index in [1.54, 1.807) is 0 Å². The fourth-order valence-corrected chi connectivity index (χ4v) is 1.84. The molecule has 0 bridgehead atoms. The molecule has 0 aliphatic carbocycles. The summed E-state index contributed by atoms with van der Waals surface area (Å²) in [6.45, 7) is 7.18. The van der Waals surface area contributed by atoms with Gasteiger partial charge in [-0.05, 0) is 50.5 Å². The van der Waals surface area contributed by atoms with E-state index in [9.17, 15) is 4.79 Å². The molecule has 0 aromatic heterocycles. The lowest BCUT2D eigenvalue weighted by Gasteiger charge is -2.10. The van der Waals surface area contributed by atoms with Crippen molar-refractivity contribution in [2.75, 3.05) is 13.2 Å². The first-order valence-corrected chi connectivity index (χ1v) is 6.69. The fourth-order valence-electron chi connectivity index (χ4n) is 1.71. The summed E-state index contributed by atoms with van der Waals surface area (Å²) in [6, 6.07) is 3.95. The minimum atomic E-state index is 0.0826. The van der Waals surface area contributed by atoms with Crippen molar-refractivity contribution < 1.29 is 9.53 Å². The molecule has 1 aromatic carbocycles. The largest absolute Gasteiger partial charge is 0.494 e. The van der Waals surface area contributed by atoms with E-state index < -0.39 is 0 Å². The average Bonchev–Trinajstić information content (AvgIpc) is 2.32. The van der Waals surface area contributed by atoms with Crippen LogP contribution >= 0.6 is 12.6 Å². The summed E-state index contributed by atoms with van der Waals surface area (Å²) in [5.74, 6) is 0.929. The first-order chi connectivity index (χ1) is 8.54. The molecule has 0 heterocycles. The third kappa shape index (κ3) is 4.61. The number of carbonyl (C=O) groups excluding carboxylic acids is 1. The molecule has 1 aromatic rings.